The van der Waals surface area contributed by atoms with Crippen LogP contribution in [0.15, 0.2) is 101 Å². The van der Waals surface area contributed by atoms with Crippen LogP contribution < -0.4 is 0 Å². The van der Waals surface area contributed by atoms with Gasteiger partial charge in [0.2, 0.25) is 0 Å². The lowest BCUT2D eigenvalue weighted by atomic mass is 9.68. The Kier molecular flexibility index (Phi) is 12.7. The van der Waals surface area contributed by atoms with Crippen molar-refractivity contribution < 1.29 is 0 Å². The quantitative estimate of drug-likeness (QED) is 0.216. The van der Waals surface area contributed by atoms with E-state index < -0.39 is 0 Å². The zero-order valence-corrected chi connectivity index (χ0v) is 20.3. The first-order chi connectivity index (χ1) is 14.5. The lowest BCUT2D eigenvalue weighted by molar-refractivity contribution is -0.0132. The molecule has 3 heteroatoms. The molecule has 0 amide bonds. The van der Waals surface area contributed by atoms with E-state index in [0.717, 1.165) is 58.0 Å². The highest BCUT2D eigenvalue weighted by molar-refractivity contribution is 5.85. The molecule has 0 radical (unpaired) electrons. The van der Waals surface area contributed by atoms with Crippen molar-refractivity contribution in [3.63, 3.8) is 0 Å². The predicted molar refractivity (Wildman–Crippen MR) is 143 cm³/mol. The maximum atomic E-state index is 4.15. The molecule has 1 heterocycles. The van der Waals surface area contributed by atoms with E-state index >= 15 is 0 Å². The highest BCUT2D eigenvalue weighted by Crippen LogP contribution is 2.58. The Labute approximate surface area is 198 Å². The fourth-order valence-corrected chi connectivity index (χ4v) is 5.87. The summed E-state index contributed by atoms with van der Waals surface area (Å²) in [5.74, 6) is 0. The highest BCUT2D eigenvalue weighted by atomic mass is 35.5. The second-order valence-corrected chi connectivity index (χ2v) is 8.13. The minimum atomic E-state index is -0.279. The fraction of sp³-hybridized carbons (Fsp3) is 0.429. The molecule has 0 aromatic carbocycles. The molecule has 0 aliphatic carbocycles. The molecule has 0 unspecified atom stereocenters. The van der Waals surface area contributed by atoms with E-state index in [-0.39, 0.29) is 29.1 Å². The summed E-state index contributed by atoms with van der Waals surface area (Å²) in [6, 6.07) is 0. The molecule has 2 nitrogen and oxygen atoms in total. The number of nitrogens with zero attached hydrogens (tertiary/aromatic N) is 2. The van der Waals surface area contributed by atoms with E-state index in [9.17, 15) is 0 Å². The summed E-state index contributed by atoms with van der Waals surface area (Å²) >= 11 is 0. The molecule has 0 saturated carbocycles. The second-order valence-electron chi connectivity index (χ2n) is 8.13. The number of rotatable bonds is 17. The van der Waals surface area contributed by atoms with Gasteiger partial charge in [0.15, 0.2) is 0 Å². The Hall–Kier alpha value is -1.87. The van der Waals surface area contributed by atoms with Gasteiger partial charge in [-0.2, -0.15) is 0 Å². The Morgan fingerprint density at radius 1 is 0.484 bits per heavy atom. The molecule has 1 aliphatic heterocycles. The minimum absolute atomic E-state index is 0. The normalized spacial score (nSPS) is 18.8. The summed E-state index contributed by atoms with van der Waals surface area (Å²) in [6.07, 6.45) is 22.1. The van der Waals surface area contributed by atoms with Crippen molar-refractivity contribution >= 4 is 12.4 Å². The maximum absolute atomic E-state index is 4.15. The number of hydrogen-bond acceptors (Lipinski definition) is 2. The largest absolute Gasteiger partial charge is 0.276 e. The van der Waals surface area contributed by atoms with Gasteiger partial charge in [-0.3, -0.25) is 9.80 Å². The summed E-state index contributed by atoms with van der Waals surface area (Å²) in [4.78, 5) is 5.29. The van der Waals surface area contributed by atoms with Gasteiger partial charge in [-0.05, 0) is 44.9 Å². The van der Waals surface area contributed by atoms with Gasteiger partial charge in [-0.1, -0.05) is 48.6 Å². The summed E-state index contributed by atoms with van der Waals surface area (Å²) in [5, 5.41) is 0. The summed E-state index contributed by atoms with van der Waals surface area (Å²) in [6.45, 7) is 34.6. The predicted octanol–water partition coefficient (Wildman–Crippen LogP) is 7.42. The van der Waals surface area contributed by atoms with Gasteiger partial charge in [0.25, 0.3) is 0 Å². The zero-order chi connectivity index (χ0) is 22.7. The van der Waals surface area contributed by atoms with Crippen molar-refractivity contribution in [1.29, 1.82) is 0 Å². The highest BCUT2D eigenvalue weighted by Gasteiger charge is 2.68. The van der Waals surface area contributed by atoms with E-state index in [4.69, 9.17) is 0 Å². The fourth-order valence-electron chi connectivity index (χ4n) is 5.87. The smallest absolute Gasteiger partial charge is 0.0821 e. The van der Waals surface area contributed by atoms with Crippen LogP contribution in [0.25, 0.3) is 0 Å². The van der Waals surface area contributed by atoms with Crippen molar-refractivity contribution in [3.05, 3.63) is 101 Å². The third-order valence-electron chi connectivity index (χ3n) is 6.64. The van der Waals surface area contributed by atoms with Crippen LogP contribution in [0, 0.1) is 0 Å². The maximum Gasteiger partial charge on any atom is 0.0821 e. The van der Waals surface area contributed by atoms with Crippen molar-refractivity contribution in [2.75, 3.05) is 13.1 Å². The topological polar surface area (TPSA) is 6.48 Å². The van der Waals surface area contributed by atoms with Crippen LogP contribution in [0.1, 0.15) is 44.9 Å². The molecule has 0 bridgehead atoms. The standard InChI is InChI=1S/C28H42N2.ClH/c1-9-17-25-30-27(20-12-4,21-13-5)26(18-10-2,19-11-3)29(24-16-8)28(30,22-14-6)23-15-7;/h9-16H,1-8,17-25H2;1H. The van der Waals surface area contributed by atoms with Gasteiger partial charge < -0.3 is 0 Å². The van der Waals surface area contributed by atoms with Crippen LogP contribution in [-0.2, 0) is 0 Å². The monoisotopic (exact) mass is 442 g/mol. The molecule has 0 spiro atoms. The molecule has 0 aromatic heterocycles. The first-order valence-electron chi connectivity index (χ1n) is 10.9. The second kappa shape index (κ2) is 13.5. The molecule has 0 aromatic rings. The third kappa shape index (κ3) is 4.98. The average molecular weight is 443 g/mol. The Morgan fingerprint density at radius 3 is 1.19 bits per heavy atom. The van der Waals surface area contributed by atoms with Crippen LogP contribution in [0.2, 0.25) is 0 Å². The molecule has 1 aliphatic rings. The Morgan fingerprint density at radius 2 is 0.871 bits per heavy atom. The van der Waals surface area contributed by atoms with Crippen molar-refractivity contribution in [2.24, 2.45) is 0 Å². The Bertz CT molecular complexity index is 630. The van der Waals surface area contributed by atoms with Crippen molar-refractivity contribution in [2.45, 2.75) is 61.7 Å². The molecule has 1 fully saturated rings. The van der Waals surface area contributed by atoms with E-state index in [1.807, 2.05) is 36.5 Å². The van der Waals surface area contributed by atoms with Crippen LogP contribution in [0.5, 0.6) is 0 Å². The van der Waals surface area contributed by atoms with Crippen LogP contribution in [0.3, 0.4) is 0 Å². The third-order valence-corrected chi connectivity index (χ3v) is 6.64. The zero-order valence-electron chi connectivity index (χ0n) is 19.4. The summed E-state index contributed by atoms with van der Waals surface area (Å²) < 4.78 is 0. The first kappa shape index (κ1) is 29.1. The minimum Gasteiger partial charge on any atom is -0.276 e. The van der Waals surface area contributed by atoms with E-state index in [2.05, 4.69) is 74.6 Å². The van der Waals surface area contributed by atoms with Crippen LogP contribution >= 0.6 is 12.4 Å². The van der Waals surface area contributed by atoms with Gasteiger partial charge in [0.05, 0.1) is 5.66 Å². The van der Waals surface area contributed by atoms with Gasteiger partial charge in [0, 0.05) is 24.2 Å². The number of hydrogen-bond donors (Lipinski definition) is 0. The van der Waals surface area contributed by atoms with Crippen molar-refractivity contribution in [3.8, 4) is 0 Å². The Balaban J connectivity index is 0.00000900. The van der Waals surface area contributed by atoms with Crippen molar-refractivity contribution in [1.82, 2.24) is 9.80 Å². The van der Waals surface area contributed by atoms with E-state index in [1.54, 1.807) is 0 Å². The molecule has 1 rings (SSSR count). The summed E-state index contributed by atoms with van der Waals surface area (Å²) in [7, 11) is 0. The molecule has 0 atom stereocenters. The molecule has 31 heavy (non-hydrogen) atoms. The SMILES string of the molecule is C=CCCN1C(CC=C)(CC=C)N(CC=C)C(CC=C)(CC=C)C1(CC=C)CC=C.Cl. The molecular weight excluding hydrogens is 400 g/mol. The molecular formula is C28H43ClN2. The lowest BCUT2D eigenvalue weighted by Crippen LogP contribution is -2.61. The van der Waals surface area contributed by atoms with Gasteiger partial charge in [-0.15, -0.1) is 65.0 Å². The first-order valence-corrected chi connectivity index (χ1v) is 10.9. The molecule has 0 N–H and O–H groups in total. The van der Waals surface area contributed by atoms with Gasteiger partial charge >= 0.3 is 0 Å². The van der Waals surface area contributed by atoms with Gasteiger partial charge in [0.1, 0.15) is 0 Å². The van der Waals surface area contributed by atoms with Gasteiger partial charge in [-0.25, -0.2) is 0 Å². The lowest BCUT2D eigenvalue weighted by Gasteiger charge is -2.50. The van der Waals surface area contributed by atoms with Crippen LogP contribution in [0.4, 0.5) is 0 Å². The molecule has 1 saturated heterocycles. The molecule has 172 valence electrons. The van der Waals surface area contributed by atoms with E-state index in [1.165, 1.54) is 0 Å². The summed E-state index contributed by atoms with van der Waals surface area (Å²) in [5.41, 5.74) is -0.740. The van der Waals surface area contributed by atoms with E-state index in [0.29, 0.717) is 0 Å². The average Bonchev–Trinajstić information content (AvgIpc) is 2.87. The number of halogens is 1. The van der Waals surface area contributed by atoms with Crippen LogP contribution in [-0.4, -0.2) is 39.6 Å².